The molecule has 4 atom stereocenters. The summed E-state index contributed by atoms with van der Waals surface area (Å²) in [6.07, 6.45) is 19.2. The highest BCUT2D eigenvalue weighted by Crippen LogP contribution is 2.49. The number of rotatable bonds is 11. The molecule has 0 aromatic heterocycles. The van der Waals surface area contributed by atoms with Gasteiger partial charge in [0.05, 0.1) is 18.9 Å². The largest absolute Gasteiger partial charge is 0.504 e. The number of likely N-dealkylation sites (N-methyl/N-ethyl adjacent to an activating group) is 1. The van der Waals surface area contributed by atoms with Gasteiger partial charge in [-0.1, -0.05) is 43.7 Å². The number of ether oxygens (including phenoxy) is 3. The van der Waals surface area contributed by atoms with Crippen LogP contribution in [0.15, 0.2) is 47.5 Å². The summed E-state index contributed by atoms with van der Waals surface area (Å²) >= 11 is 0. The summed E-state index contributed by atoms with van der Waals surface area (Å²) in [5.74, 6) is 5.29. The van der Waals surface area contributed by atoms with Gasteiger partial charge in [0.25, 0.3) is 0 Å². The number of hydrogen-bond donors (Lipinski definition) is 5. The maximum atomic E-state index is 14.2. The average molecular weight is 741 g/mol. The lowest BCUT2D eigenvalue weighted by Gasteiger charge is -2.33. The van der Waals surface area contributed by atoms with E-state index in [1.165, 1.54) is 39.2 Å². The molecule has 0 unspecified atom stereocenters. The lowest BCUT2D eigenvalue weighted by molar-refractivity contribution is -0.125. The highest BCUT2D eigenvalue weighted by molar-refractivity contribution is 5.97. The fourth-order valence-electron chi connectivity index (χ4n) is 9.34. The first kappa shape index (κ1) is 39.5. The zero-order valence-electron chi connectivity index (χ0n) is 32.5. The second-order valence-electron chi connectivity index (χ2n) is 15.9. The molecule has 0 saturated heterocycles. The molecule has 2 aromatic rings. The van der Waals surface area contributed by atoms with Gasteiger partial charge in [-0.3, -0.25) is 15.1 Å². The number of benzene rings is 2. The molecule has 0 spiro atoms. The van der Waals surface area contributed by atoms with E-state index in [0.29, 0.717) is 67.4 Å². The van der Waals surface area contributed by atoms with Crippen molar-refractivity contribution in [3.63, 3.8) is 0 Å². The van der Waals surface area contributed by atoms with Gasteiger partial charge in [0.1, 0.15) is 5.60 Å². The van der Waals surface area contributed by atoms with Crippen molar-refractivity contribution < 1.29 is 29.2 Å². The predicted octanol–water partition coefficient (Wildman–Crippen LogP) is 7.42. The molecule has 1 heterocycles. The Morgan fingerprint density at radius 3 is 2.69 bits per heavy atom. The fourth-order valence-corrected chi connectivity index (χ4v) is 9.34. The minimum atomic E-state index is -0.611. The van der Waals surface area contributed by atoms with Crippen molar-refractivity contribution in [2.75, 3.05) is 39.7 Å². The highest BCUT2D eigenvalue weighted by Gasteiger charge is 2.47. The van der Waals surface area contributed by atoms with Gasteiger partial charge in [-0.15, -0.1) is 0 Å². The Morgan fingerprint density at radius 1 is 1.04 bits per heavy atom. The number of aryl methyl sites for hydroxylation is 1. The smallest absolute Gasteiger partial charge is 0.207 e. The molecule has 10 heteroatoms. The summed E-state index contributed by atoms with van der Waals surface area (Å²) in [6, 6.07) is 12.3. The van der Waals surface area contributed by atoms with Crippen LogP contribution in [-0.2, 0) is 22.4 Å². The first-order valence-corrected chi connectivity index (χ1v) is 20.1. The lowest BCUT2D eigenvalue weighted by atomic mass is 9.69. The van der Waals surface area contributed by atoms with E-state index < -0.39 is 11.0 Å². The van der Waals surface area contributed by atoms with Crippen LogP contribution in [0.3, 0.4) is 0 Å². The van der Waals surface area contributed by atoms with Gasteiger partial charge in [-0.05, 0) is 131 Å². The maximum Gasteiger partial charge on any atom is 0.207 e. The van der Waals surface area contributed by atoms with Gasteiger partial charge < -0.3 is 35.1 Å². The Hall–Kier alpha value is -4.20. The topological polar surface area (TPSA) is 134 Å². The number of ketones is 1. The van der Waals surface area contributed by atoms with Gasteiger partial charge in [-0.25, -0.2) is 0 Å². The van der Waals surface area contributed by atoms with Crippen LogP contribution in [0.5, 0.6) is 23.0 Å². The molecule has 0 radical (unpaired) electrons. The minimum absolute atomic E-state index is 0.0302. The average Bonchev–Trinajstić information content (AvgIpc) is 3.77. The molecular weight excluding hydrogens is 681 g/mol. The molecular formula is C44H60N4O6. The van der Waals surface area contributed by atoms with Crippen LogP contribution in [0, 0.1) is 29.2 Å². The fraction of sp³-hybridized carbons (Fsp3) is 0.591. The van der Waals surface area contributed by atoms with Crippen LogP contribution in [-0.4, -0.2) is 68.0 Å². The molecule has 292 valence electrons. The summed E-state index contributed by atoms with van der Waals surface area (Å²) in [5, 5.41) is 31.6. The van der Waals surface area contributed by atoms with Crippen molar-refractivity contribution in [1.82, 2.24) is 10.6 Å². The second kappa shape index (κ2) is 18.4. The number of phenols is 2. The molecule has 4 aliphatic rings. The number of aliphatic imine (C=N–C) groups is 1. The maximum absolute atomic E-state index is 14.2. The molecule has 5 N–H and O–H groups in total. The van der Waals surface area contributed by atoms with Crippen molar-refractivity contribution >= 4 is 17.4 Å². The summed E-state index contributed by atoms with van der Waals surface area (Å²) in [4.78, 5) is 18.6. The van der Waals surface area contributed by atoms with Crippen molar-refractivity contribution in [3.8, 4) is 35.0 Å². The number of aromatic hydroxyl groups is 2. The Morgan fingerprint density at radius 2 is 1.89 bits per heavy atom. The number of anilines is 1. The Kier molecular flexibility index (Phi) is 13.5. The summed E-state index contributed by atoms with van der Waals surface area (Å²) in [6.45, 7) is 1.46. The Bertz CT molecular complexity index is 1730. The van der Waals surface area contributed by atoms with Crippen molar-refractivity contribution in [3.05, 3.63) is 53.6 Å². The molecule has 6 rings (SSSR count). The first-order valence-electron chi connectivity index (χ1n) is 20.1. The molecule has 54 heavy (non-hydrogen) atoms. The third-order valence-corrected chi connectivity index (χ3v) is 12.2. The van der Waals surface area contributed by atoms with Crippen molar-refractivity contribution in [2.45, 2.75) is 114 Å². The van der Waals surface area contributed by atoms with Crippen LogP contribution in [0.4, 0.5) is 5.69 Å². The number of methoxy groups -OCH3 is 1. The van der Waals surface area contributed by atoms with Crippen LogP contribution < -0.4 is 25.4 Å². The van der Waals surface area contributed by atoms with Crippen LogP contribution in [0.2, 0.25) is 0 Å². The summed E-state index contributed by atoms with van der Waals surface area (Å²) in [7, 11) is 5.16. The molecule has 2 aromatic carbocycles. The predicted molar refractivity (Wildman–Crippen MR) is 213 cm³/mol. The number of phenolic OH excluding ortho intramolecular Hbond substituents is 2. The van der Waals surface area contributed by atoms with E-state index in [0.717, 1.165) is 62.7 Å². The molecule has 10 nitrogen and oxygen atoms in total. The number of hydrogen-bond acceptors (Lipinski definition) is 8. The Labute approximate surface area is 321 Å². The van der Waals surface area contributed by atoms with Gasteiger partial charge >= 0.3 is 0 Å². The van der Waals surface area contributed by atoms with Gasteiger partial charge in [0.15, 0.2) is 28.8 Å². The number of allylic oxidation sites excluding steroid dienone is 2. The summed E-state index contributed by atoms with van der Waals surface area (Å²) < 4.78 is 18.5. The molecule has 2 bridgehead atoms. The lowest BCUT2D eigenvalue weighted by Crippen LogP contribution is -2.42. The van der Waals surface area contributed by atoms with Gasteiger partial charge in [0, 0.05) is 38.1 Å². The number of nitrogens with zero attached hydrogens (tertiary/aromatic N) is 1. The summed E-state index contributed by atoms with van der Waals surface area (Å²) in [5.41, 5.74) is 1.33. The van der Waals surface area contributed by atoms with Gasteiger partial charge in [0.2, 0.25) is 5.96 Å². The highest BCUT2D eigenvalue weighted by atomic mass is 16.5. The normalized spacial score (nSPS) is 27.7. The third kappa shape index (κ3) is 9.53. The molecule has 1 aliphatic heterocycles. The molecule has 3 aliphatic carbocycles. The Balaban J connectivity index is 1.22. The van der Waals surface area contributed by atoms with Crippen LogP contribution >= 0.6 is 0 Å². The van der Waals surface area contributed by atoms with E-state index in [1.54, 1.807) is 19.2 Å². The van der Waals surface area contributed by atoms with E-state index in [4.69, 9.17) is 14.2 Å². The number of guanidine groups is 1. The second-order valence-corrected chi connectivity index (χ2v) is 15.9. The van der Waals surface area contributed by atoms with E-state index >= 15 is 0 Å². The quantitative estimate of drug-likeness (QED) is 0.118. The molecule has 3 saturated carbocycles. The third-order valence-electron chi connectivity index (χ3n) is 12.2. The number of carbonyl (C=O) groups is 1. The number of fused-ring (bicyclic) bond motifs is 3. The van der Waals surface area contributed by atoms with Crippen molar-refractivity contribution in [1.29, 1.82) is 0 Å². The standard InChI is InChI=1S/C44H60N4O6/c1-45-30-43(22-19-31(28-43)20-24-53-35-14-5-4-6-15-35)54-39-26-32-11-7-8-16-40(50)44(29-33-17-18-37(49)38(27-33)52-3)21-9-12-34(44)13-10-23-47-42(46-2)48-36(25-32)41(39)51/h8,16-18,25-27,31,34-35,45,49,51H,4-7,9,11-15,19-22,24,28-30H2,1-3H3,(H2,46,47,48)/b16-8+/t31-,34+,43-,44-/m1/s1. The van der Waals surface area contributed by atoms with Gasteiger partial charge in [-0.2, -0.15) is 0 Å². The first-order chi connectivity index (χ1) is 26.3. The molecule has 0 amide bonds. The van der Waals surface area contributed by atoms with E-state index in [-0.39, 0.29) is 23.2 Å². The minimum Gasteiger partial charge on any atom is -0.504 e. The zero-order chi connectivity index (χ0) is 38.0. The monoisotopic (exact) mass is 740 g/mol. The van der Waals surface area contributed by atoms with E-state index in [9.17, 15) is 15.0 Å². The number of nitrogens with one attached hydrogen (secondary N) is 3. The van der Waals surface area contributed by atoms with Crippen LogP contribution in [0.1, 0.15) is 101 Å². The zero-order valence-corrected chi connectivity index (χ0v) is 32.5. The van der Waals surface area contributed by atoms with E-state index in [2.05, 4.69) is 32.9 Å². The molecule has 3 fully saturated rings. The van der Waals surface area contributed by atoms with Crippen LogP contribution in [0.25, 0.3) is 0 Å². The number of carbonyl (C=O) groups excluding carboxylic acids is 1. The SMILES string of the molecule is CN=C1NC#CC[C@@H]2CCC[C@]2(Cc2ccc(O)c(OC)c2)C(=O)/C=C/CCc2cc(c(O)c(O[C@]3(CNC)CC[C@H](CCOC4CCCCC4)C3)c2)N1. The van der Waals surface area contributed by atoms with Crippen molar-refractivity contribution in [2.24, 2.45) is 22.2 Å². The van der Waals surface area contributed by atoms with E-state index in [1.807, 2.05) is 37.4 Å².